The van der Waals surface area contributed by atoms with Crippen LogP contribution in [0.3, 0.4) is 0 Å². The maximum atomic E-state index is 12.9. The molecule has 7 nitrogen and oxygen atoms in total. The van der Waals surface area contributed by atoms with Crippen molar-refractivity contribution in [1.82, 2.24) is 19.6 Å². The molecule has 1 aromatic carbocycles. The Morgan fingerprint density at radius 2 is 2.10 bits per heavy atom. The van der Waals surface area contributed by atoms with Crippen molar-refractivity contribution in [2.75, 3.05) is 33.2 Å². The van der Waals surface area contributed by atoms with E-state index in [0.29, 0.717) is 17.3 Å². The molecule has 2 aromatic rings. The smallest absolute Gasteiger partial charge is 0.344 e. The second-order valence-electron chi connectivity index (χ2n) is 7.94. The predicted molar refractivity (Wildman–Crippen MR) is 117 cm³/mol. The zero-order valence-electron chi connectivity index (χ0n) is 16.4. The van der Waals surface area contributed by atoms with Gasteiger partial charge in [-0.1, -0.05) is 20.8 Å². The number of hydrogen-bond donors (Lipinski definition) is 1. The Morgan fingerprint density at radius 1 is 1.31 bits per heavy atom. The fourth-order valence-corrected chi connectivity index (χ4v) is 4.68. The molecule has 0 saturated carbocycles. The molecule has 154 valence electrons. The highest BCUT2D eigenvalue weighted by molar-refractivity contribution is 7.41. The van der Waals surface area contributed by atoms with E-state index in [1.54, 1.807) is 37.5 Å². The van der Waals surface area contributed by atoms with Gasteiger partial charge in [-0.2, -0.15) is 9.78 Å². The topological polar surface area (TPSA) is 74.0 Å². The first-order chi connectivity index (χ1) is 13.9. The van der Waals surface area contributed by atoms with Gasteiger partial charge in [0, 0.05) is 49.9 Å². The van der Waals surface area contributed by atoms with Crippen LogP contribution in [-0.2, 0) is 6.54 Å². The molecule has 1 spiro atoms. The monoisotopic (exact) mass is 433 g/mol. The standard InChI is InChI=1S/C20H25ClN5O2P/c1-22-18(29)17-4-7-26(23-17)19(28)25-9-6-20(13-25)5-8-24(12-20)11-14-10-15(27)2-3-16(14)21/h2-4,7,10,27H,5-6,8-9,11-13,29H2,1H3. The van der Waals surface area contributed by atoms with Crippen molar-refractivity contribution in [3.63, 3.8) is 0 Å². The molecule has 2 aliphatic rings. The van der Waals surface area contributed by atoms with Crippen LogP contribution in [0.1, 0.15) is 24.1 Å². The first-order valence-corrected chi connectivity index (χ1v) is 10.6. The summed E-state index contributed by atoms with van der Waals surface area (Å²) in [5, 5.41) is 14.8. The van der Waals surface area contributed by atoms with Crippen LogP contribution in [0.25, 0.3) is 0 Å². The number of halogens is 1. The van der Waals surface area contributed by atoms with Crippen molar-refractivity contribution in [2.24, 2.45) is 10.4 Å². The van der Waals surface area contributed by atoms with Gasteiger partial charge >= 0.3 is 6.03 Å². The number of aliphatic imine (C=N–C) groups is 1. The molecule has 9 heteroatoms. The average molecular weight is 434 g/mol. The molecule has 1 N–H and O–H groups in total. The van der Waals surface area contributed by atoms with Crippen molar-refractivity contribution >= 4 is 32.3 Å². The summed E-state index contributed by atoms with van der Waals surface area (Å²) in [5.41, 5.74) is 2.47. The molecule has 0 aliphatic carbocycles. The number of aromatic hydroxyl groups is 1. The van der Waals surface area contributed by atoms with Crippen LogP contribution in [0.5, 0.6) is 5.75 Å². The minimum absolute atomic E-state index is 0.0866. The van der Waals surface area contributed by atoms with E-state index < -0.39 is 0 Å². The van der Waals surface area contributed by atoms with Crippen LogP contribution in [0.2, 0.25) is 5.02 Å². The summed E-state index contributed by atoms with van der Waals surface area (Å²) in [5.74, 6) is 0.233. The van der Waals surface area contributed by atoms with Crippen molar-refractivity contribution in [1.29, 1.82) is 0 Å². The molecular formula is C20H25ClN5O2P. The summed E-state index contributed by atoms with van der Waals surface area (Å²) in [7, 11) is 4.23. The minimum atomic E-state index is -0.0866. The Kier molecular flexibility index (Phi) is 5.65. The van der Waals surface area contributed by atoms with Crippen LogP contribution in [0.4, 0.5) is 4.79 Å². The predicted octanol–water partition coefficient (Wildman–Crippen LogP) is 3.06. The van der Waals surface area contributed by atoms with E-state index in [1.807, 2.05) is 4.90 Å². The molecule has 2 atom stereocenters. The van der Waals surface area contributed by atoms with E-state index in [2.05, 4.69) is 24.2 Å². The van der Waals surface area contributed by atoms with Gasteiger partial charge in [-0.05, 0) is 49.2 Å². The molecule has 1 amide bonds. The summed E-state index contributed by atoms with van der Waals surface area (Å²) in [6.07, 6.45) is 3.74. The van der Waals surface area contributed by atoms with E-state index >= 15 is 0 Å². The van der Waals surface area contributed by atoms with Gasteiger partial charge in [-0.3, -0.25) is 9.89 Å². The number of aromatic nitrogens is 2. The quantitative estimate of drug-likeness (QED) is 0.596. The summed E-state index contributed by atoms with van der Waals surface area (Å²) in [4.78, 5) is 21.2. The Morgan fingerprint density at radius 3 is 2.90 bits per heavy atom. The zero-order chi connectivity index (χ0) is 20.6. The number of rotatable bonds is 3. The summed E-state index contributed by atoms with van der Waals surface area (Å²) >= 11 is 6.28. The number of carbonyl (C=O) groups is 1. The normalized spacial score (nSPS) is 22.7. The zero-order valence-corrected chi connectivity index (χ0v) is 18.3. The Bertz CT molecular complexity index is 962. The van der Waals surface area contributed by atoms with Gasteiger partial charge < -0.3 is 10.0 Å². The Hall–Kier alpha value is -1.95. The van der Waals surface area contributed by atoms with Gasteiger partial charge in [0.2, 0.25) is 0 Å². The van der Waals surface area contributed by atoms with Crippen molar-refractivity contribution in [3.8, 4) is 5.75 Å². The number of hydrogen-bond acceptors (Lipinski definition) is 5. The van der Waals surface area contributed by atoms with Crippen LogP contribution >= 0.6 is 20.8 Å². The molecule has 3 heterocycles. The minimum Gasteiger partial charge on any atom is -0.508 e. The van der Waals surface area contributed by atoms with Crippen LogP contribution < -0.4 is 0 Å². The lowest BCUT2D eigenvalue weighted by Gasteiger charge is -2.25. The molecule has 2 fully saturated rings. The largest absolute Gasteiger partial charge is 0.508 e. The highest BCUT2D eigenvalue weighted by Gasteiger charge is 2.45. The van der Waals surface area contributed by atoms with Gasteiger partial charge in [0.1, 0.15) is 11.4 Å². The van der Waals surface area contributed by atoms with Gasteiger partial charge in [0.15, 0.2) is 0 Å². The van der Waals surface area contributed by atoms with E-state index in [0.717, 1.165) is 50.0 Å². The number of phenolic OH excluding ortho intramolecular Hbond substituents is 1. The van der Waals surface area contributed by atoms with Crippen molar-refractivity contribution < 1.29 is 9.90 Å². The lowest BCUT2D eigenvalue weighted by atomic mass is 9.86. The third-order valence-corrected chi connectivity index (χ3v) is 6.86. The summed E-state index contributed by atoms with van der Waals surface area (Å²) < 4.78 is 1.41. The van der Waals surface area contributed by atoms with E-state index in [4.69, 9.17) is 11.6 Å². The molecule has 2 aliphatic heterocycles. The SMILES string of the molecule is CN=C(P)c1ccn(C(=O)N2CCC3(CCN(Cc4cc(O)ccc4Cl)C3)C2)n1. The molecule has 2 saturated heterocycles. The molecular weight excluding hydrogens is 409 g/mol. The highest BCUT2D eigenvalue weighted by Crippen LogP contribution is 2.40. The van der Waals surface area contributed by atoms with Gasteiger partial charge in [0.05, 0.1) is 5.45 Å². The highest BCUT2D eigenvalue weighted by atomic mass is 35.5. The van der Waals surface area contributed by atoms with Crippen LogP contribution in [0.15, 0.2) is 35.5 Å². The molecule has 0 radical (unpaired) electrons. The fraction of sp³-hybridized carbons (Fsp3) is 0.450. The summed E-state index contributed by atoms with van der Waals surface area (Å²) in [6.45, 7) is 4.07. The molecule has 2 unspecified atom stereocenters. The van der Waals surface area contributed by atoms with E-state index in [9.17, 15) is 9.90 Å². The average Bonchev–Trinajstić information content (AvgIpc) is 3.44. The molecule has 0 bridgehead atoms. The maximum Gasteiger partial charge on any atom is 0.344 e. The van der Waals surface area contributed by atoms with Crippen molar-refractivity contribution in [3.05, 3.63) is 46.7 Å². The summed E-state index contributed by atoms with van der Waals surface area (Å²) in [6, 6.07) is 6.78. The molecule has 29 heavy (non-hydrogen) atoms. The van der Waals surface area contributed by atoms with Crippen LogP contribution in [0, 0.1) is 5.41 Å². The number of nitrogens with zero attached hydrogens (tertiary/aromatic N) is 5. The number of amides is 1. The van der Waals surface area contributed by atoms with Gasteiger partial charge in [-0.15, -0.1) is 0 Å². The fourth-order valence-electron chi connectivity index (χ4n) is 4.34. The van der Waals surface area contributed by atoms with Gasteiger partial charge in [0.25, 0.3) is 0 Å². The van der Waals surface area contributed by atoms with Crippen LogP contribution in [-0.4, -0.2) is 69.4 Å². The lowest BCUT2D eigenvalue weighted by Crippen LogP contribution is -2.36. The second-order valence-corrected chi connectivity index (χ2v) is 8.90. The first-order valence-electron chi connectivity index (χ1n) is 9.66. The number of likely N-dealkylation sites (tertiary alicyclic amines) is 2. The first kappa shape index (κ1) is 20.3. The Labute approximate surface area is 177 Å². The number of benzene rings is 1. The van der Waals surface area contributed by atoms with E-state index in [-0.39, 0.29) is 17.2 Å². The number of carbonyl (C=O) groups excluding carboxylic acids is 1. The third-order valence-electron chi connectivity index (χ3n) is 5.94. The van der Waals surface area contributed by atoms with Gasteiger partial charge in [-0.25, -0.2) is 4.79 Å². The second kappa shape index (κ2) is 8.05. The lowest BCUT2D eigenvalue weighted by molar-refractivity contribution is 0.196. The Balaban J connectivity index is 1.40. The molecule has 4 rings (SSSR count). The van der Waals surface area contributed by atoms with Crippen molar-refractivity contribution in [2.45, 2.75) is 19.4 Å². The van der Waals surface area contributed by atoms with E-state index in [1.165, 1.54) is 4.68 Å². The number of phenols is 1. The third kappa shape index (κ3) is 4.18. The molecule has 1 aromatic heterocycles. The maximum absolute atomic E-state index is 12.9.